The molecule has 3 nitrogen and oxygen atoms in total. The molecule has 1 fully saturated rings. The lowest BCUT2D eigenvalue weighted by molar-refractivity contribution is 0.0313. The van der Waals surface area contributed by atoms with Crippen LogP contribution in [0.4, 0.5) is 0 Å². The van der Waals surface area contributed by atoms with Crippen molar-refractivity contribution in [2.45, 2.75) is 19.9 Å². The number of benzene rings is 4. The highest BCUT2D eigenvalue weighted by Gasteiger charge is 2.36. The second-order valence-corrected chi connectivity index (χ2v) is 8.85. The van der Waals surface area contributed by atoms with Crippen LogP contribution in [0.2, 0.25) is 0 Å². The SMILES string of the molecule is CC(C)(CO)[C@H](c1ccc2ccc3cccc4ccc1c2c34)N1CCNCC1.Cl. The molecule has 5 rings (SSSR count). The number of nitrogens with zero attached hydrogens (tertiary/aromatic N) is 1. The van der Waals surface area contributed by atoms with E-state index in [9.17, 15) is 5.11 Å². The van der Waals surface area contributed by atoms with Crippen LogP contribution in [0.25, 0.3) is 32.3 Å². The van der Waals surface area contributed by atoms with Crippen molar-refractivity contribution in [1.29, 1.82) is 0 Å². The number of hydrogen-bond acceptors (Lipinski definition) is 3. The van der Waals surface area contributed by atoms with Crippen LogP contribution >= 0.6 is 12.4 Å². The molecule has 0 bridgehead atoms. The molecule has 4 heteroatoms. The Morgan fingerprint density at radius 3 is 2.14 bits per heavy atom. The fraction of sp³-hybridized carbons (Fsp3) is 0.360. The van der Waals surface area contributed by atoms with E-state index in [1.54, 1.807) is 0 Å². The molecule has 2 N–H and O–H groups in total. The smallest absolute Gasteiger partial charge is 0.0500 e. The van der Waals surface area contributed by atoms with Crippen molar-refractivity contribution in [2.24, 2.45) is 5.41 Å². The zero-order valence-corrected chi connectivity index (χ0v) is 17.9. The monoisotopic (exact) mass is 408 g/mol. The van der Waals surface area contributed by atoms with Gasteiger partial charge in [-0.15, -0.1) is 12.4 Å². The maximum absolute atomic E-state index is 10.3. The molecule has 152 valence electrons. The van der Waals surface area contributed by atoms with Crippen molar-refractivity contribution in [3.63, 3.8) is 0 Å². The van der Waals surface area contributed by atoms with Crippen LogP contribution in [0.5, 0.6) is 0 Å². The van der Waals surface area contributed by atoms with Crippen molar-refractivity contribution >= 4 is 44.7 Å². The highest BCUT2D eigenvalue weighted by atomic mass is 35.5. The summed E-state index contributed by atoms with van der Waals surface area (Å²) < 4.78 is 0. The molecule has 1 aliphatic rings. The highest BCUT2D eigenvalue weighted by molar-refractivity contribution is 6.23. The van der Waals surface area contributed by atoms with Gasteiger partial charge in [0, 0.05) is 44.2 Å². The predicted octanol–water partition coefficient (Wildman–Crippen LogP) is 4.97. The first-order chi connectivity index (χ1) is 13.6. The van der Waals surface area contributed by atoms with E-state index in [-0.39, 0.29) is 30.5 Å². The van der Waals surface area contributed by atoms with Gasteiger partial charge in [-0.2, -0.15) is 0 Å². The predicted molar refractivity (Wildman–Crippen MR) is 125 cm³/mol. The Hall–Kier alpha value is -1.91. The minimum Gasteiger partial charge on any atom is -0.396 e. The van der Waals surface area contributed by atoms with Crippen LogP contribution in [0.3, 0.4) is 0 Å². The van der Waals surface area contributed by atoms with Crippen LogP contribution in [0.1, 0.15) is 25.5 Å². The van der Waals surface area contributed by atoms with Gasteiger partial charge < -0.3 is 10.4 Å². The lowest BCUT2D eigenvalue weighted by Crippen LogP contribution is -2.49. The molecule has 0 aliphatic carbocycles. The molecular formula is C25H29ClN2O. The number of nitrogens with one attached hydrogen (secondary N) is 1. The number of aliphatic hydroxyl groups is 1. The lowest BCUT2D eigenvalue weighted by atomic mass is 9.77. The molecule has 1 saturated heterocycles. The summed E-state index contributed by atoms with van der Waals surface area (Å²) in [5, 5.41) is 21.7. The molecule has 1 aliphatic heterocycles. The van der Waals surface area contributed by atoms with Gasteiger partial charge in [0.05, 0.1) is 0 Å². The normalized spacial score (nSPS) is 17.1. The number of piperazine rings is 1. The van der Waals surface area contributed by atoms with Gasteiger partial charge in [-0.1, -0.05) is 68.4 Å². The van der Waals surface area contributed by atoms with Crippen LogP contribution in [0.15, 0.2) is 54.6 Å². The second-order valence-electron chi connectivity index (χ2n) is 8.85. The minimum atomic E-state index is -0.222. The van der Waals surface area contributed by atoms with E-state index in [1.807, 2.05) is 0 Å². The van der Waals surface area contributed by atoms with Crippen LogP contribution < -0.4 is 5.32 Å². The minimum absolute atomic E-state index is 0. The largest absolute Gasteiger partial charge is 0.396 e. The van der Waals surface area contributed by atoms with Crippen molar-refractivity contribution in [1.82, 2.24) is 10.2 Å². The van der Waals surface area contributed by atoms with Gasteiger partial charge in [0.25, 0.3) is 0 Å². The molecule has 1 atom stereocenters. The first-order valence-corrected chi connectivity index (χ1v) is 10.3. The van der Waals surface area contributed by atoms with Gasteiger partial charge in [0.15, 0.2) is 0 Å². The second kappa shape index (κ2) is 7.73. The molecule has 29 heavy (non-hydrogen) atoms. The number of aliphatic hydroxyl groups excluding tert-OH is 1. The summed E-state index contributed by atoms with van der Waals surface area (Å²) in [6.07, 6.45) is 0. The molecule has 4 aromatic carbocycles. The summed E-state index contributed by atoms with van der Waals surface area (Å²) >= 11 is 0. The Bertz CT molecular complexity index is 1120. The quantitative estimate of drug-likeness (QED) is 0.468. The van der Waals surface area contributed by atoms with E-state index in [4.69, 9.17) is 0 Å². The van der Waals surface area contributed by atoms with Crippen LogP contribution in [-0.2, 0) is 0 Å². The molecule has 1 heterocycles. The van der Waals surface area contributed by atoms with E-state index in [1.165, 1.54) is 37.9 Å². The topological polar surface area (TPSA) is 35.5 Å². The first-order valence-electron chi connectivity index (χ1n) is 10.3. The maximum Gasteiger partial charge on any atom is 0.0500 e. The Morgan fingerprint density at radius 1 is 0.897 bits per heavy atom. The van der Waals surface area contributed by atoms with Gasteiger partial charge in [0.2, 0.25) is 0 Å². The molecule has 0 saturated carbocycles. The average molecular weight is 409 g/mol. The summed E-state index contributed by atoms with van der Waals surface area (Å²) in [5.41, 5.74) is 1.12. The molecule has 0 spiro atoms. The fourth-order valence-electron chi connectivity index (χ4n) is 5.14. The average Bonchev–Trinajstić information content (AvgIpc) is 2.73. The first kappa shape index (κ1) is 20.4. The zero-order valence-electron chi connectivity index (χ0n) is 17.1. The van der Waals surface area contributed by atoms with Crippen LogP contribution in [-0.4, -0.2) is 42.8 Å². The Kier molecular flexibility index (Phi) is 5.43. The van der Waals surface area contributed by atoms with Gasteiger partial charge in [-0.3, -0.25) is 4.90 Å². The highest BCUT2D eigenvalue weighted by Crippen LogP contribution is 2.44. The van der Waals surface area contributed by atoms with E-state index in [0.717, 1.165) is 26.2 Å². The van der Waals surface area contributed by atoms with Gasteiger partial charge in [0.1, 0.15) is 0 Å². The Balaban J connectivity index is 0.00000205. The van der Waals surface area contributed by atoms with Crippen LogP contribution in [0, 0.1) is 5.41 Å². The van der Waals surface area contributed by atoms with Gasteiger partial charge >= 0.3 is 0 Å². The van der Waals surface area contributed by atoms with Crippen molar-refractivity contribution in [3.05, 3.63) is 60.2 Å². The van der Waals surface area contributed by atoms with Gasteiger partial charge in [-0.25, -0.2) is 0 Å². The summed E-state index contributed by atoms with van der Waals surface area (Å²) in [5.74, 6) is 0. The number of rotatable bonds is 4. The fourth-order valence-corrected chi connectivity index (χ4v) is 5.14. The Labute approximate surface area is 178 Å². The summed E-state index contributed by atoms with van der Waals surface area (Å²) in [6.45, 7) is 8.58. The van der Waals surface area contributed by atoms with E-state index < -0.39 is 0 Å². The third-order valence-electron chi connectivity index (χ3n) is 6.52. The molecule has 0 amide bonds. The lowest BCUT2D eigenvalue weighted by Gasteiger charge is -2.44. The van der Waals surface area contributed by atoms with Crippen molar-refractivity contribution < 1.29 is 5.11 Å². The Morgan fingerprint density at radius 2 is 1.48 bits per heavy atom. The van der Waals surface area contributed by atoms with E-state index in [2.05, 4.69) is 78.7 Å². The summed E-state index contributed by atoms with van der Waals surface area (Å²) in [6, 6.07) is 20.3. The molecule has 0 radical (unpaired) electrons. The van der Waals surface area contributed by atoms with Crippen molar-refractivity contribution in [3.8, 4) is 0 Å². The summed E-state index contributed by atoms with van der Waals surface area (Å²) in [7, 11) is 0. The zero-order chi connectivity index (χ0) is 19.3. The van der Waals surface area contributed by atoms with E-state index >= 15 is 0 Å². The molecule has 4 aromatic rings. The number of hydrogen-bond donors (Lipinski definition) is 2. The van der Waals surface area contributed by atoms with Crippen molar-refractivity contribution in [2.75, 3.05) is 32.8 Å². The third kappa shape index (κ3) is 3.27. The molecule has 0 unspecified atom stereocenters. The van der Waals surface area contributed by atoms with E-state index in [0.29, 0.717) is 0 Å². The standard InChI is InChI=1S/C25H28N2O.ClH/c1-25(2,16-28)24(27-14-12-26-13-15-27)21-11-9-19-7-6-17-4-3-5-18-8-10-20(21)23(19)22(17)18;/h3-11,24,26,28H,12-16H2,1-2H3;1H/t24-;/m0./s1. The third-order valence-corrected chi connectivity index (χ3v) is 6.52. The summed E-state index contributed by atoms with van der Waals surface area (Å²) in [4.78, 5) is 2.55. The maximum atomic E-state index is 10.3. The number of halogens is 1. The van der Waals surface area contributed by atoms with Gasteiger partial charge in [-0.05, 0) is 37.9 Å². The molecule has 0 aromatic heterocycles. The molecular weight excluding hydrogens is 380 g/mol.